The third-order valence-corrected chi connectivity index (χ3v) is 4.84. The largest absolute Gasteiger partial charge is 0.444 e. The molecule has 0 radical (unpaired) electrons. The van der Waals surface area contributed by atoms with Crippen LogP contribution in [0, 0.1) is 0 Å². The van der Waals surface area contributed by atoms with Crippen LogP contribution in [0.2, 0.25) is 0 Å². The molecule has 184 valence electrons. The number of carbonyl (C=O) groups excluding carboxylic acids is 3. The van der Waals surface area contributed by atoms with Crippen molar-refractivity contribution in [1.82, 2.24) is 15.5 Å². The Kier molecular flexibility index (Phi) is 11.1. The van der Waals surface area contributed by atoms with Crippen LogP contribution in [0.1, 0.15) is 84.9 Å². The van der Waals surface area contributed by atoms with Gasteiger partial charge in [-0.25, -0.2) is 4.79 Å². The summed E-state index contributed by atoms with van der Waals surface area (Å²) in [6.45, 7) is 16.9. The van der Waals surface area contributed by atoms with Crippen molar-refractivity contribution in [2.45, 2.75) is 91.5 Å². The summed E-state index contributed by atoms with van der Waals surface area (Å²) < 4.78 is 5.30. The highest BCUT2D eigenvalue weighted by Gasteiger charge is 2.34. The maximum absolute atomic E-state index is 13.6. The Morgan fingerprint density at radius 1 is 1.12 bits per heavy atom. The van der Waals surface area contributed by atoms with Crippen molar-refractivity contribution >= 4 is 24.0 Å². The molecule has 0 aliphatic rings. The van der Waals surface area contributed by atoms with Crippen molar-refractivity contribution in [2.75, 3.05) is 6.54 Å². The molecular formula is C26H41N3O4. The highest BCUT2D eigenvalue weighted by Crippen LogP contribution is 2.25. The van der Waals surface area contributed by atoms with Crippen molar-refractivity contribution < 1.29 is 19.1 Å². The molecule has 7 heteroatoms. The minimum atomic E-state index is -0.863. The lowest BCUT2D eigenvalue weighted by molar-refractivity contribution is -0.142. The maximum atomic E-state index is 13.6. The quantitative estimate of drug-likeness (QED) is 0.464. The fourth-order valence-electron chi connectivity index (χ4n) is 3.39. The molecule has 33 heavy (non-hydrogen) atoms. The Morgan fingerprint density at radius 2 is 1.79 bits per heavy atom. The molecule has 1 rings (SSSR count). The SMILES string of the molecule is C=Cc1cccc(C(C(=O)NC(C)C)N(CCCCC)C(=O)C(C)NC(=O)OC(C)(C)C)c1. The van der Waals surface area contributed by atoms with E-state index in [9.17, 15) is 14.4 Å². The van der Waals surface area contributed by atoms with Gasteiger partial charge in [-0.05, 0) is 65.2 Å². The summed E-state index contributed by atoms with van der Waals surface area (Å²) >= 11 is 0. The molecule has 0 saturated heterocycles. The minimum absolute atomic E-state index is 0.0903. The van der Waals surface area contributed by atoms with Gasteiger partial charge in [-0.1, -0.05) is 50.6 Å². The van der Waals surface area contributed by atoms with Crippen LogP contribution < -0.4 is 10.6 Å². The van der Waals surface area contributed by atoms with E-state index >= 15 is 0 Å². The van der Waals surface area contributed by atoms with Crippen LogP contribution in [0.15, 0.2) is 30.8 Å². The fraction of sp³-hybridized carbons (Fsp3) is 0.577. The summed E-state index contributed by atoms with van der Waals surface area (Å²) in [6.07, 6.45) is 3.67. The van der Waals surface area contributed by atoms with Gasteiger partial charge in [0, 0.05) is 12.6 Å². The number of rotatable bonds is 11. The van der Waals surface area contributed by atoms with Gasteiger partial charge in [-0.15, -0.1) is 0 Å². The van der Waals surface area contributed by atoms with Gasteiger partial charge in [-0.2, -0.15) is 0 Å². The molecule has 0 aliphatic heterocycles. The summed E-state index contributed by atoms with van der Waals surface area (Å²) in [5.41, 5.74) is 0.869. The summed E-state index contributed by atoms with van der Waals surface area (Å²) in [6, 6.07) is 5.65. The lowest BCUT2D eigenvalue weighted by Crippen LogP contribution is -2.52. The van der Waals surface area contributed by atoms with Crippen LogP contribution in [-0.2, 0) is 14.3 Å². The average molecular weight is 460 g/mol. The first-order chi connectivity index (χ1) is 15.4. The first-order valence-corrected chi connectivity index (χ1v) is 11.7. The molecule has 0 fully saturated rings. The number of ether oxygens (including phenoxy) is 1. The normalized spacial score (nSPS) is 13.1. The van der Waals surface area contributed by atoms with Crippen LogP contribution in [0.3, 0.4) is 0 Å². The van der Waals surface area contributed by atoms with Crippen molar-refractivity contribution in [3.8, 4) is 0 Å². The molecule has 1 aromatic rings. The molecule has 2 N–H and O–H groups in total. The summed E-state index contributed by atoms with van der Waals surface area (Å²) in [7, 11) is 0. The molecule has 0 saturated carbocycles. The zero-order valence-electron chi connectivity index (χ0n) is 21.2. The Bertz CT molecular complexity index is 814. The molecule has 0 heterocycles. The van der Waals surface area contributed by atoms with E-state index < -0.39 is 23.8 Å². The standard InChI is InChI=1S/C26H41N3O4/c1-9-11-12-16-29(24(31)19(5)28-25(32)33-26(6,7)8)22(23(30)27-18(3)4)21-15-13-14-20(10-2)17-21/h10,13-15,17-19,22H,2,9,11-12,16H2,1,3-8H3,(H,27,30)(H,28,32). The second kappa shape index (κ2) is 13.0. The number of nitrogens with zero attached hydrogens (tertiary/aromatic N) is 1. The Hall–Kier alpha value is -2.83. The van der Waals surface area contributed by atoms with E-state index in [1.54, 1.807) is 38.7 Å². The van der Waals surface area contributed by atoms with Gasteiger partial charge in [0.05, 0.1) is 0 Å². The molecule has 2 atom stereocenters. The Morgan fingerprint density at radius 3 is 2.33 bits per heavy atom. The number of benzene rings is 1. The van der Waals surface area contributed by atoms with Gasteiger partial charge in [-0.3, -0.25) is 9.59 Å². The van der Waals surface area contributed by atoms with Crippen molar-refractivity contribution in [2.24, 2.45) is 0 Å². The molecule has 0 aromatic heterocycles. The number of alkyl carbamates (subject to hydrolysis) is 1. The molecule has 0 aliphatic carbocycles. The van der Waals surface area contributed by atoms with E-state index in [-0.39, 0.29) is 17.9 Å². The van der Waals surface area contributed by atoms with Gasteiger partial charge >= 0.3 is 6.09 Å². The van der Waals surface area contributed by atoms with Gasteiger partial charge in [0.25, 0.3) is 0 Å². The van der Waals surface area contributed by atoms with Crippen molar-refractivity contribution in [3.05, 3.63) is 42.0 Å². The average Bonchev–Trinajstić information content (AvgIpc) is 2.70. The van der Waals surface area contributed by atoms with Gasteiger partial charge in [0.15, 0.2) is 0 Å². The van der Waals surface area contributed by atoms with Crippen LogP contribution in [0.4, 0.5) is 4.79 Å². The maximum Gasteiger partial charge on any atom is 0.408 e. The number of carbonyl (C=O) groups is 3. The van der Waals surface area contributed by atoms with E-state index in [1.165, 1.54) is 0 Å². The Labute approximate surface area is 198 Å². The molecule has 3 amide bonds. The first-order valence-electron chi connectivity index (χ1n) is 11.7. The van der Waals surface area contributed by atoms with E-state index in [4.69, 9.17) is 4.74 Å². The molecule has 2 unspecified atom stereocenters. The fourth-order valence-corrected chi connectivity index (χ4v) is 3.39. The third-order valence-electron chi connectivity index (χ3n) is 4.84. The van der Waals surface area contributed by atoms with E-state index in [2.05, 4.69) is 24.1 Å². The molecule has 0 bridgehead atoms. The predicted molar refractivity (Wildman–Crippen MR) is 133 cm³/mol. The number of unbranched alkanes of at least 4 members (excludes halogenated alkanes) is 2. The zero-order valence-corrected chi connectivity index (χ0v) is 21.2. The molecule has 7 nitrogen and oxygen atoms in total. The molecule has 1 aromatic carbocycles. The van der Waals surface area contributed by atoms with Crippen LogP contribution in [0.25, 0.3) is 6.08 Å². The number of hydrogen-bond donors (Lipinski definition) is 2. The molecule has 0 spiro atoms. The summed E-state index contributed by atoms with van der Waals surface area (Å²) in [5.74, 6) is -0.606. The van der Waals surface area contributed by atoms with Crippen LogP contribution in [-0.4, -0.2) is 47.0 Å². The smallest absolute Gasteiger partial charge is 0.408 e. The van der Waals surface area contributed by atoms with Gasteiger partial charge in [0.2, 0.25) is 11.8 Å². The van der Waals surface area contributed by atoms with Crippen LogP contribution in [0.5, 0.6) is 0 Å². The van der Waals surface area contributed by atoms with Gasteiger partial charge < -0.3 is 20.3 Å². The van der Waals surface area contributed by atoms with Gasteiger partial charge in [0.1, 0.15) is 17.7 Å². The third kappa shape index (κ3) is 9.68. The minimum Gasteiger partial charge on any atom is -0.444 e. The lowest BCUT2D eigenvalue weighted by Gasteiger charge is -2.34. The Balaban J connectivity index is 3.33. The molecular weight excluding hydrogens is 418 g/mol. The highest BCUT2D eigenvalue weighted by atomic mass is 16.6. The second-order valence-corrected chi connectivity index (χ2v) is 9.55. The zero-order chi connectivity index (χ0) is 25.2. The van der Waals surface area contributed by atoms with Crippen LogP contribution >= 0.6 is 0 Å². The van der Waals surface area contributed by atoms with Crippen molar-refractivity contribution in [1.29, 1.82) is 0 Å². The van der Waals surface area contributed by atoms with E-state index in [0.717, 1.165) is 24.8 Å². The topological polar surface area (TPSA) is 87.7 Å². The number of hydrogen-bond acceptors (Lipinski definition) is 4. The highest BCUT2D eigenvalue weighted by molar-refractivity contribution is 5.92. The van der Waals surface area contributed by atoms with Crippen molar-refractivity contribution in [3.63, 3.8) is 0 Å². The number of nitrogens with one attached hydrogen (secondary N) is 2. The second-order valence-electron chi connectivity index (χ2n) is 9.55. The summed E-state index contributed by atoms with van der Waals surface area (Å²) in [5, 5.41) is 5.56. The van der Waals surface area contributed by atoms with E-state index in [0.29, 0.717) is 12.1 Å². The predicted octanol–water partition coefficient (Wildman–Crippen LogP) is 4.83. The monoisotopic (exact) mass is 459 g/mol. The first kappa shape index (κ1) is 28.2. The lowest BCUT2D eigenvalue weighted by atomic mass is 9.99. The summed E-state index contributed by atoms with van der Waals surface area (Å²) in [4.78, 5) is 40.7. The van der Waals surface area contributed by atoms with E-state index in [1.807, 2.05) is 38.1 Å². The number of amides is 3.